The summed E-state index contributed by atoms with van der Waals surface area (Å²) >= 11 is 2.06. The lowest BCUT2D eigenvalue weighted by molar-refractivity contribution is -0.384. The molecule has 3 aromatic carbocycles. The highest BCUT2D eigenvalue weighted by Gasteiger charge is 2.56. The van der Waals surface area contributed by atoms with Gasteiger partial charge in [-0.05, 0) is 67.9 Å². The number of aromatic amines is 1. The van der Waals surface area contributed by atoms with Gasteiger partial charge >= 0.3 is 10.8 Å². The fourth-order valence-electron chi connectivity index (χ4n) is 5.70. The number of non-ortho nitro benzene ring substituents is 1. The topological polar surface area (TPSA) is 187 Å². The average molecular weight is 705 g/mol. The monoisotopic (exact) mass is 704 g/mol. The molecule has 252 valence electrons. The van der Waals surface area contributed by atoms with Crippen molar-refractivity contribution in [3.05, 3.63) is 103 Å². The lowest BCUT2D eigenvalue weighted by Crippen LogP contribution is -2.32. The van der Waals surface area contributed by atoms with Crippen molar-refractivity contribution in [1.82, 2.24) is 4.98 Å². The van der Waals surface area contributed by atoms with Crippen LogP contribution in [0.25, 0.3) is 0 Å². The summed E-state index contributed by atoms with van der Waals surface area (Å²) in [6.07, 6.45) is 0. The van der Waals surface area contributed by atoms with Crippen LogP contribution < -0.4 is 24.6 Å². The maximum atomic E-state index is 14.0. The average Bonchev–Trinajstić information content (AvgIpc) is 3.58. The molecule has 1 aromatic heterocycles. The van der Waals surface area contributed by atoms with Crippen LogP contribution in [-0.2, 0) is 19.1 Å². The van der Waals surface area contributed by atoms with E-state index in [1.54, 1.807) is 44.2 Å². The molecule has 2 N–H and O–H groups in total. The van der Waals surface area contributed by atoms with E-state index in [4.69, 9.17) is 14.2 Å². The Morgan fingerprint density at radius 1 is 0.939 bits per heavy atom. The summed E-state index contributed by atoms with van der Waals surface area (Å²) in [5.74, 6) is -3.00. The molecule has 3 amide bonds. The minimum absolute atomic E-state index is 0.180. The number of nitrogens with zero attached hydrogens (tertiary/aromatic N) is 2. The van der Waals surface area contributed by atoms with E-state index < -0.39 is 45.7 Å². The number of nitrogens with one attached hydrogen (secondary N) is 2. The molecule has 16 heteroatoms. The number of hydrogen-bond donors (Lipinski definition) is 2. The van der Waals surface area contributed by atoms with Gasteiger partial charge in [-0.25, -0.2) is 9.69 Å². The van der Waals surface area contributed by atoms with Crippen molar-refractivity contribution in [2.75, 3.05) is 30.0 Å². The quantitative estimate of drug-likeness (QED) is 0.0951. The van der Waals surface area contributed by atoms with Gasteiger partial charge in [-0.15, -0.1) is 0 Å². The number of benzene rings is 3. The van der Waals surface area contributed by atoms with Crippen molar-refractivity contribution in [1.29, 1.82) is 0 Å². The van der Waals surface area contributed by atoms with Crippen LogP contribution in [0, 0.1) is 16.0 Å². The number of nitro groups is 1. The molecule has 6 rings (SSSR count). The SMILES string of the molecule is CCOC(=O)c1ccc(NC(=O)COc2ccc([C@H]3c4sc(=O)[nH]c4SC4C(=O)N(c5ccc([N+](=O)[O-])cc5)C(=O)C43)cc2OCC)cc1. The van der Waals surface area contributed by atoms with E-state index >= 15 is 0 Å². The van der Waals surface area contributed by atoms with Crippen LogP contribution in [0.1, 0.15) is 40.6 Å². The number of thioether (sulfide) groups is 1. The van der Waals surface area contributed by atoms with Gasteiger partial charge in [-0.3, -0.25) is 29.3 Å². The molecule has 0 bridgehead atoms. The number of aromatic nitrogens is 1. The van der Waals surface area contributed by atoms with Crippen LogP contribution in [0.15, 0.2) is 76.6 Å². The molecule has 0 spiro atoms. The number of esters is 1. The molecule has 1 saturated heterocycles. The second-order valence-corrected chi connectivity index (χ2v) is 13.0. The van der Waals surface area contributed by atoms with Crippen molar-refractivity contribution >= 4 is 63.9 Å². The Morgan fingerprint density at radius 2 is 1.67 bits per heavy atom. The molecule has 2 aliphatic heterocycles. The third-order valence-electron chi connectivity index (χ3n) is 7.81. The molecule has 2 unspecified atom stereocenters. The molecule has 1 fully saturated rings. The minimum atomic E-state index is -0.895. The number of hydrogen-bond acceptors (Lipinski definition) is 12. The molecule has 3 heterocycles. The van der Waals surface area contributed by atoms with Gasteiger partial charge in [-0.1, -0.05) is 29.2 Å². The Bertz CT molecular complexity index is 2010. The van der Waals surface area contributed by atoms with Crippen molar-refractivity contribution in [3.8, 4) is 11.5 Å². The largest absolute Gasteiger partial charge is 0.490 e. The van der Waals surface area contributed by atoms with Gasteiger partial charge in [0.05, 0.1) is 40.3 Å². The highest BCUT2D eigenvalue weighted by molar-refractivity contribution is 8.00. The number of imide groups is 1. The van der Waals surface area contributed by atoms with Crippen LogP contribution in [0.2, 0.25) is 0 Å². The first-order valence-corrected chi connectivity index (χ1v) is 16.8. The Balaban J connectivity index is 1.24. The fraction of sp³-hybridized carbons (Fsp3) is 0.242. The van der Waals surface area contributed by atoms with E-state index in [2.05, 4.69) is 10.3 Å². The Hall–Kier alpha value is -5.48. The zero-order valence-electron chi connectivity index (χ0n) is 26.0. The minimum Gasteiger partial charge on any atom is -0.490 e. The smallest absolute Gasteiger partial charge is 0.338 e. The van der Waals surface area contributed by atoms with Gasteiger partial charge in [0.1, 0.15) is 5.25 Å². The second kappa shape index (κ2) is 13.9. The standard InChI is InChI=1S/C33H28N4O10S2/c1-3-45-23-15-18(7-14-22(23)47-16-24(38)34-19-8-5-17(6-9-19)32(41)46-4-2)25-26-28(48-29-27(25)49-33(42)35-29)31(40)36(30(26)39)20-10-12-21(13-11-20)37(43)44/h5-15,25-26,28H,3-4,16H2,1-2H3,(H,34,38)(H,35,42)/t25-,26?,28?/m1/s1. The van der Waals surface area contributed by atoms with E-state index in [-0.39, 0.29) is 47.6 Å². The molecule has 2 aliphatic rings. The number of fused-ring (bicyclic) bond motifs is 2. The van der Waals surface area contributed by atoms with Gasteiger partial charge in [0.2, 0.25) is 11.8 Å². The molecule has 0 aliphatic carbocycles. The summed E-state index contributed by atoms with van der Waals surface area (Å²) in [5.41, 5.74) is 1.41. The predicted octanol–water partition coefficient (Wildman–Crippen LogP) is 4.73. The molecular formula is C33H28N4O10S2. The first-order chi connectivity index (χ1) is 23.6. The maximum Gasteiger partial charge on any atom is 0.338 e. The van der Waals surface area contributed by atoms with E-state index in [1.807, 2.05) is 0 Å². The Labute approximate surface area is 286 Å². The van der Waals surface area contributed by atoms with E-state index in [9.17, 15) is 34.1 Å². The van der Waals surface area contributed by atoms with E-state index in [0.717, 1.165) is 28.0 Å². The zero-order chi connectivity index (χ0) is 34.8. The van der Waals surface area contributed by atoms with Crippen LogP contribution in [0.5, 0.6) is 11.5 Å². The van der Waals surface area contributed by atoms with Crippen molar-refractivity contribution in [2.24, 2.45) is 5.92 Å². The van der Waals surface area contributed by atoms with Gasteiger partial charge < -0.3 is 24.5 Å². The first kappa shape index (κ1) is 33.4. The third-order valence-corrected chi connectivity index (χ3v) is 10.2. The number of amides is 3. The van der Waals surface area contributed by atoms with Crippen LogP contribution in [0.3, 0.4) is 0 Å². The van der Waals surface area contributed by atoms with Gasteiger partial charge in [0.15, 0.2) is 18.1 Å². The first-order valence-electron chi connectivity index (χ1n) is 15.1. The van der Waals surface area contributed by atoms with Crippen molar-refractivity contribution in [2.45, 2.75) is 30.0 Å². The predicted molar refractivity (Wildman–Crippen MR) is 180 cm³/mol. The number of anilines is 2. The van der Waals surface area contributed by atoms with Crippen molar-refractivity contribution in [3.63, 3.8) is 0 Å². The van der Waals surface area contributed by atoms with Gasteiger partial charge in [0, 0.05) is 28.6 Å². The maximum absolute atomic E-state index is 14.0. The van der Waals surface area contributed by atoms with Crippen LogP contribution in [-0.4, -0.2) is 58.7 Å². The molecular weight excluding hydrogens is 677 g/mol. The molecule has 14 nitrogen and oxygen atoms in total. The lowest BCUT2D eigenvalue weighted by Gasteiger charge is -2.30. The highest BCUT2D eigenvalue weighted by atomic mass is 32.2. The second-order valence-electron chi connectivity index (χ2n) is 10.8. The molecule has 0 radical (unpaired) electrons. The van der Waals surface area contributed by atoms with Gasteiger partial charge in [0.25, 0.3) is 11.6 Å². The molecule has 0 saturated carbocycles. The van der Waals surface area contributed by atoms with Crippen LogP contribution >= 0.6 is 23.1 Å². The van der Waals surface area contributed by atoms with Crippen molar-refractivity contribution < 1.29 is 38.3 Å². The normalized spacial score (nSPS) is 18.0. The third kappa shape index (κ3) is 6.64. The molecule has 49 heavy (non-hydrogen) atoms. The number of nitro benzene ring substituents is 1. The summed E-state index contributed by atoms with van der Waals surface area (Å²) in [4.78, 5) is 79.4. The van der Waals surface area contributed by atoms with Crippen LogP contribution in [0.4, 0.5) is 17.1 Å². The number of carbonyl (C=O) groups excluding carboxylic acids is 4. The fourth-order valence-corrected chi connectivity index (χ4v) is 8.22. The summed E-state index contributed by atoms with van der Waals surface area (Å²) in [6, 6.07) is 16.4. The summed E-state index contributed by atoms with van der Waals surface area (Å²) in [7, 11) is 0. The van der Waals surface area contributed by atoms with Gasteiger partial charge in [-0.2, -0.15) is 0 Å². The zero-order valence-corrected chi connectivity index (χ0v) is 27.6. The Kier molecular flexibility index (Phi) is 9.51. The summed E-state index contributed by atoms with van der Waals surface area (Å²) in [5, 5.41) is 13.5. The molecule has 3 atom stereocenters. The summed E-state index contributed by atoms with van der Waals surface area (Å²) < 4.78 is 16.6. The number of ether oxygens (including phenoxy) is 3. The molecule has 4 aromatic rings. The number of H-pyrrole nitrogens is 1. The highest BCUT2D eigenvalue weighted by Crippen LogP contribution is 2.54. The Morgan fingerprint density at radius 3 is 2.35 bits per heavy atom. The summed E-state index contributed by atoms with van der Waals surface area (Å²) in [6.45, 7) is 3.61. The van der Waals surface area contributed by atoms with E-state index in [1.165, 1.54) is 36.4 Å². The number of rotatable bonds is 11. The number of thiazole rings is 1. The lowest BCUT2D eigenvalue weighted by atomic mass is 9.83. The number of carbonyl (C=O) groups is 4. The van der Waals surface area contributed by atoms with E-state index in [0.29, 0.717) is 26.7 Å².